The van der Waals surface area contributed by atoms with Crippen LogP contribution in [-0.4, -0.2) is 17.8 Å². The monoisotopic (exact) mass is 324 g/mol. The number of benzene rings is 1. The van der Waals surface area contributed by atoms with Crippen molar-refractivity contribution in [1.29, 1.82) is 0 Å². The fourth-order valence-electron chi connectivity index (χ4n) is 2.59. The fraction of sp³-hybridized carbons (Fsp3) is 0.412. The first-order valence-corrected chi connectivity index (χ1v) is 7.33. The Labute approximate surface area is 131 Å². The average Bonchev–Trinajstić information content (AvgIpc) is 3.11. The summed E-state index contributed by atoms with van der Waals surface area (Å²) in [5.41, 5.74) is -0.288. The van der Waals surface area contributed by atoms with E-state index in [0.29, 0.717) is 29.6 Å². The highest BCUT2D eigenvalue weighted by molar-refractivity contribution is 5.79. The van der Waals surface area contributed by atoms with E-state index in [4.69, 9.17) is 14.3 Å². The van der Waals surface area contributed by atoms with Crippen LogP contribution in [-0.2, 0) is 10.9 Å². The van der Waals surface area contributed by atoms with Crippen molar-refractivity contribution in [3.63, 3.8) is 0 Å². The minimum absolute atomic E-state index is 0.00820. The van der Waals surface area contributed by atoms with Crippen LogP contribution in [0.5, 0.6) is 0 Å². The van der Waals surface area contributed by atoms with Crippen LogP contribution in [0.4, 0.5) is 13.2 Å². The van der Waals surface area contributed by atoms with Gasteiger partial charge < -0.3 is 14.3 Å². The van der Waals surface area contributed by atoms with Gasteiger partial charge in [-0.05, 0) is 37.1 Å². The molecule has 122 valence electrons. The van der Waals surface area contributed by atoms with Gasteiger partial charge in [-0.1, -0.05) is 11.8 Å². The summed E-state index contributed by atoms with van der Waals surface area (Å²) in [5, 5.41) is 9.10. The molecule has 1 aromatic carbocycles. The molecule has 2 heterocycles. The van der Waals surface area contributed by atoms with Crippen molar-refractivity contribution in [1.82, 2.24) is 0 Å². The molecular formula is C17H15F3O3. The van der Waals surface area contributed by atoms with E-state index in [1.165, 1.54) is 6.07 Å². The lowest BCUT2D eigenvalue weighted by Crippen LogP contribution is -2.03. The summed E-state index contributed by atoms with van der Waals surface area (Å²) in [5.74, 6) is 6.26. The first kappa shape index (κ1) is 15.9. The molecule has 0 aliphatic carbocycles. The molecule has 1 unspecified atom stereocenters. The highest BCUT2D eigenvalue weighted by Crippen LogP contribution is 2.37. The van der Waals surface area contributed by atoms with E-state index in [2.05, 4.69) is 11.8 Å². The van der Waals surface area contributed by atoms with Crippen molar-refractivity contribution in [3.05, 3.63) is 35.6 Å². The third kappa shape index (κ3) is 3.52. The van der Waals surface area contributed by atoms with Crippen molar-refractivity contribution in [2.45, 2.75) is 37.6 Å². The van der Waals surface area contributed by atoms with Gasteiger partial charge in [-0.3, -0.25) is 0 Å². The molecule has 2 atom stereocenters. The van der Waals surface area contributed by atoms with Gasteiger partial charge in [0.25, 0.3) is 0 Å². The highest BCUT2D eigenvalue weighted by atomic mass is 19.4. The Kier molecular flexibility index (Phi) is 4.33. The minimum Gasteiger partial charge on any atom is -0.458 e. The molecule has 0 amide bonds. The van der Waals surface area contributed by atoms with Crippen molar-refractivity contribution in [2.24, 2.45) is 0 Å². The van der Waals surface area contributed by atoms with Gasteiger partial charge in [0, 0.05) is 11.8 Å². The van der Waals surface area contributed by atoms with Gasteiger partial charge in [0.15, 0.2) is 0 Å². The largest absolute Gasteiger partial charge is 0.458 e. The first-order chi connectivity index (χ1) is 11.0. The standard InChI is InChI=1S/C17H15F3O3/c18-17(19,20)12-4-6-14-11(9-12)10-16(23-14)15-7-5-13(22-15)3-1-2-8-21/h4,6,9-10,13,15,21H,2,5,7-8H2/t13-,15?/m0/s1. The lowest BCUT2D eigenvalue weighted by atomic mass is 10.1. The van der Waals surface area contributed by atoms with E-state index in [9.17, 15) is 13.2 Å². The minimum atomic E-state index is -4.37. The summed E-state index contributed by atoms with van der Waals surface area (Å²) in [6, 6.07) is 5.01. The average molecular weight is 324 g/mol. The van der Waals surface area contributed by atoms with Crippen LogP contribution in [0, 0.1) is 11.8 Å². The summed E-state index contributed by atoms with van der Waals surface area (Å²) in [7, 11) is 0. The zero-order valence-electron chi connectivity index (χ0n) is 12.2. The Hall–Kier alpha value is -1.97. The molecule has 3 nitrogen and oxygen atoms in total. The Morgan fingerprint density at radius 3 is 2.78 bits per heavy atom. The molecule has 1 N–H and O–H groups in total. The topological polar surface area (TPSA) is 42.6 Å². The predicted molar refractivity (Wildman–Crippen MR) is 77.5 cm³/mol. The van der Waals surface area contributed by atoms with Gasteiger partial charge in [0.2, 0.25) is 0 Å². The van der Waals surface area contributed by atoms with Gasteiger partial charge >= 0.3 is 6.18 Å². The summed E-state index contributed by atoms with van der Waals surface area (Å²) in [4.78, 5) is 0. The maximum Gasteiger partial charge on any atom is 0.416 e. The predicted octanol–water partition coefficient (Wildman–Crippen LogP) is 4.06. The summed E-state index contributed by atoms with van der Waals surface area (Å²) in [6.45, 7) is 0.00820. The molecule has 0 radical (unpaired) electrons. The molecule has 3 rings (SSSR count). The van der Waals surface area contributed by atoms with Gasteiger partial charge in [-0.25, -0.2) is 0 Å². The number of aliphatic hydroxyl groups is 1. The first-order valence-electron chi connectivity index (χ1n) is 7.33. The molecule has 1 aliphatic rings. The molecule has 0 bridgehead atoms. The van der Waals surface area contributed by atoms with E-state index < -0.39 is 11.7 Å². The maximum atomic E-state index is 12.7. The number of alkyl halides is 3. The molecule has 1 aromatic heterocycles. The second kappa shape index (κ2) is 6.26. The molecule has 0 saturated carbocycles. The Balaban J connectivity index is 1.78. The van der Waals surface area contributed by atoms with Gasteiger partial charge in [0.05, 0.1) is 12.2 Å². The third-order valence-electron chi connectivity index (χ3n) is 3.70. The van der Waals surface area contributed by atoms with E-state index >= 15 is 0 Å². The summed E-state index contributed by atoms with van der Waals surface area (Å²) >= 11 is 0. The number of rotatable bonds is 2. The van der Waals surface area contributed by atoms with Crippen LogP contribution in [0.15, 0.2) is 28.7 Å². The van der Waals surface area contributed by atoms with Crippen LogP contribution >= 0.6 is 0 Å². The molecule has 1 saturated heterocycles. The van der Waals surface area contributed by atoms with Crippen LogP contribution in [0.25, 0.3) is 11.0 Å². The lowest BCUT2D eigenvalue weighted by molar-refractivity contribution is -0.137. The van der Waals surface area contributed by atoms with Crippen LogP contribution in [0.3, 0.4) is 0 Å². The lowest BCUT2D eigenvalue weighted by Gasteiger charge is -2.06. The summed E-state index contributed by atoms with van der Waals surface area (Å²) in [6.07, 6.45) is -3.08. The normalized spacial score (nSPS) is 21.4. The molecule has 0 spiro atoms. The highest BCUT2D eigenvalue weighted by Gasteiger charge is 2.32. The van der Waals surface area contributed by atoms with Crippen LogP contribution in [0.2, 0.25) is 0 Å². The number of fused-ring (bicyclic) bond motifs is 1. The zero-order valence-corrected chi connectivity index (χ0v) is 12.2. The molecule has 1 aliphatic heterocycles. The van der Waals surface area contributed by atoms with Crippen molar-refractivity contribution in [2.75, 3.05) is 6.61 Å². The van der Waals surface area contributed by atoms with E-state index in [0.717, 1.165) is 18.6 Å². The Morgan fingerprint density at radius 2 is 2.04 bits per heavy atom. The number of halogens is 3. The van der Waals surface area contributed by atoms with Crippen molar-refractivity contribution < 1.29 is 27.4 Å². The van der Waals surface area contributed by atoms with Gasteiger partial charge in [0.1, 0.15) is 23.6 Å². The second-order valence-electron chi connectivity index (χ2n) is 5.38. The number of aliphatic hydroxyl groups excluding tert-OH is 1. The van der Waals surface area contributed by atoms with E-state index in [1.54, 1.807) is 6.07 Å². The van der Waals surface area contributed by atoms with Crippen LogP contribution < -0.4 is 0 Å². The van der Waals surface area contributed by atoms with Crippen molar-refractivity contribution in [3.8, 4) is 11.8 Å². The zero-order chi connectivity index (χ0) is 16.4. The summed E-state index contributed by atoms with van der Waals surface area (Å²) < 4.78 is 49.6. The molecule has 2 aromatic rings. The SMILES string of the molecule is OCCC#C[C@H]1CCC(c2cc3cc(C(F)(F)F)ccc3o2)O1. The quantitative estimate of drug-likeness (QED) is 0.847. The Morgan fingerprint density at radius 1 is 1.22 bits per heavy atom. The molecular weight excluding hydrogens is 309 g/mol. The molecule has 23 heavy (non-hydrogen) atoms. The number of hydrogen-bond acceptors (Lipinski definition) is 3. The number of ether oxygens (including phenoxy) is 1. The second-order valence-corrected chi connectivity index (χ2v) is 5.38. The van der Waals surface area contributed by atoms with Gasteiger partial charge in [-0.2, -0.15) is 13.2 Å². The number of hydrogen-bond donors (Lipinski definition) is 1. The fourth-order valence-corrected chi connectivity index (χ4v) is 2.59. The third-order valence-corrected chi connectivity index (χ3v) is 3.70. The Bertz CT molecular complexity index is 752. The van der Waals surface area contributed by atoms with Crippen LogP contribution in [0.1, 0.15) is 36.7 Å². The smallest absolute Gasteiger partial charge is 0.416 e. The van der Waals surface area contributed by atoms with Gasteiger partial charge in [-0.15, -0.1) is 0 Å². The molecule has 6 heteroatoms. The number of furan rings is 1. The van der Waals surface area contributed by atoms with E-state index in [1.807, 2.05) is 0 Å². The molecule has 1 fully saturated rings. The van der Waals surface area contributed by atoms with E-state index in [-0.39, 0.29) is 18.8 Å². The van der Waals surface area contributed by atoms with Crippen molar-refractivity contribution >= 4 is 11.0 Å². The maximum absolute atomic E-state index is 12.7.